The third-order valence-corrected chi connectivity index (χ3v) is 5.94. The molecule has 0 spiro atoms. The Hall–Kier alpha value is -2.78. The van der Waals surface area contributed by atoms with E-state index in [-0.39, 0.29) is 30.9 Å². The number of benzene rings is 1. The lowest BCUT2D eigenvalue weighted by Gasteiger charge is -2.20. The second-order valence-corrected chi connectivity index (χ2v) is 8.11. The van der Waals surface area contributed by atoms with Crippen LogP contribution in [0.25, 0.3) is 5.69 Å². The molecular weight excluding hydrogens is 440 g/mol. The molecule has 2 aromatic heterocycles. The second-order valence-electron chi connectivity index (χ2n) is 7.71. The van der Waals surface area contributed by atoms with E-state index in [1.165, 1.54) is 12.1 Å². The van der Waals surface area contributed by atoms with Gasteiger partial charge in [0.2, 0.25) is 11.8 Å². The van der Waals surface area contributed by atoms with E-state index in [4.69, 9.17) is 21.1 Å². The molecule has 1 fully saturated rings. The normalized spacial score (nSPS) is 18.3. The zero-order chi connectivity index (χ0) is 22.7. The average Bonchev–Trinajstić information content (AvgIpc) is 3.37. The van der Waals surface area contributed by atoms with E-state index in [2.05, 4.69) is 27.0 Å². The number of hydrogen-bond donors (Lipinski definition) is 0. The Labute approximate surface area is 189 Å². The molecule has 0 bridgehead atoms. The average molecular weight is 464 g/mol. The Balaban J connectivity index is 1.66. The van der Waals surface area contributed by atoms with Crippen molar-refractivity contribution in [1.29, 1.82) is 0 Å². The maximum Gasteiger partial charge on any atom is 0.232 e. The van der Waals surface area contributed by atoms with Gasteiger partial charge in [-0.25, -0.2) is 13.8 Å². The van der Waals surface area contributed by atoms with Crippen molar-refractivity contribution in [2.24, 2.45) is 5.92 Å². The third kappa shape index (κ3) is 4.54. The fraction of sp³-hybridized carbons (Fsp3) is 0.409. The lowest BCUT2D eigenvalue weighted by Crippen LogP contribution is -2.24. The first-order chi connectivity index (χ1) is 15.5. The van der Waals surface area contributed by atoms with Crippen LogP contribution >= 0.6 is 11.6 Å². The number of alkyl halides is 1. The Morgan fingerprint density at radius 3 is 2.72 bits per heavy atom. The number of hydrogen-bond acceptors (Lipinski definition) is 6. The highest BCUT2D eigenvalue weighted by Gasteiger charge is 2.35. The van der Waals surface area contributed by atoms with Crippen LogP contribution in [-0.4, -0.2) is 53.2 Å². The van der Waals surface area contributed by atoms with Crippen molar-refractivity contribution < 1.29 is 18.3 Å². The number of ether oxygens (including phenoxy) is 2. The fourth-order valence-corrected chi connectivity index (χ4v) is 4.36. The van der Waals surface area contributed by atoms with Gasteiger partial charge in [-0.15, -0.1) is 10.2 Å². The van der Waals surface area contributed by atoms with Gasteiger partial charge in [-0.3, -0.25) is 4.57 Å². The third-order valence-electron chi connectivity index (χ3n) is 5.61. The summed E-state index contributed by atoms with van der Waals surface area (Å²) in [5.41, 5.74) is 1.65. The van der Waals surface area contributed by atoms with Crippen LogP contribution in [0.5, 0.6) is 5.88 Å². The van der Waals surface area contributed by atoms with Crippen LogP contribution < -0.4 is 9.64 Å². The summed E-state index contributed by atoms with van der Waals surface area (Å²) in [7, 11) is 1.55. The van der Waals surface area contributed by atoms with Gasteiger partial charge in [0.1, 0.15) is 19.1 Å². The SMILES string of the molecule is COc1ccc(-n2c(COCCF)nnc2N2C[C@H](c3ccc(F)cc3Cl)[C@@H](C)C2)cn1. The fourth-order valence-electron chi connectivity index (χ4n) is 4.05. The van der Waals surface area contributed by atoms with E-state index in [1.54, 1.807) is 25.4 Å². The van der Waals surface area contributed by atoms with Gasteiger partial charge >= 0.3 is 0 Å². The number of pyridine rings is 1. The number of aromatic nitrogens is 4. The Morgan fingerprint density at radius 2 is 2.03 bits per heavy atom. The maximum atomic E-state index is 13.5. The molecule has 10 heteroatoms. The zero-order valence-corrected chi connectivity index (χ0v) is 18.6. The van der Waals surface area contributed by atoms with E-state index in [9.17, 15) is 8.78 Å². The first-order valence-electron chi connectivity index (χ1n) is 10.3. The van der Waals surface area contributed by atoms with Crippen LogP contribution in [-0.2, 0) is 11.3 Å². The highest BCUT2D eigenvalue weighted by molar-refractivity contribution is 6.31. The highest BCUT2D eigenvalue weighted by atomic mass is 35.5. The van der Waals surface area contributed by atoms with Gasteiger partial charge in [0.15, 0.2) is 5.82 Å². The molecule has 0 radical (unpaired) electrons. The van der Waals surface area contributed by atoms with Crippen LogP contribution in [0.4, 0.5) is 14.7 Å². The first-order valence-corrected chi connectivity index (χ1v) is 10.7. The number of nitrogens with zero attached hydrogens (tertiary/aromatic N) is 5. The van der Waals surface area contributed by atoms with Gasteiger partial charge in [-0.2, -0.15) is 0 Å². The summed E-state index contributed by atoms with van der Waals surface area (Å²) in [5, 5.41) is 9.12. The van der Waals surface area contributed by atoms with Crippen molar-refractivity contribution >= 4 is 17.5 Å². The van der Waals surface area contributed by atoms with E-state index >= 15 is 0 Å². The Kier molecular flexibility index (Phi) is 6.86. The van der Waals surface area contributed by atoms with Crippen molar-refractivity contribution in [2.45, 2.75) is 19.4 Å². The van der Waals surface area contributed by atoms with Gasteiger partial charge in [0.25, 0.3) is 0 Å². The highest BCUT2D eigenvalue weighted by Crippen LogP contribution is 2.38. The summed E-state index contributed by atoms with van der Waals surface area (Å²) in [4.78, 5) is 6.40. The molecule has 2 atom stereocenters. The molecule has 7 nitrogen and oxygen atoms in total. The van der Waals surface area contributed by atoms with Crippen LogP contribution in [0.2, 0.25) is 5.02 Å². The van der Waals surface area contributed by atoms with Gasteiger partial charge in [-0.1, -0.05) is 24.6 Å². The van der Waals surface area contributed by atoms with Gasteiger partial charge in [0, 0.05) is 30.1 Å². The number of anilines is 1. The Bertz CT molecular complexity index is 1060. The van der Waals surface area contributed by atoms with Crippen molar-refractivity contribution in [3.05, 3.63) is 58.8 Å². The van der Waals surface area contributed by atoms with Gasteiger partial charge in [-0.05, 0) is 29.7 Å². The molecular formula is C22H24ClF2N5O2. The van der Waals surface area contributed by atoms with Crippen molar-refractivity contribution in [1.82, 2.24) is 19.7 Å². The van der Waals surface area contributed by atoms with Crippen molar-refractivity contribution in [2.75, 3.05) is 38.4 Å². The monoisotopic (exact) mass is 463 g/mol. The lowest BCUT2D eigenvalue weighted by molar-refractivity contribution is 0.101. The van der Waals surface area contributed by atoms with Gasteiger partial charge in [0.05, 0.1) is 25.6 Å². The molecule has 0 N–H and O–H groups in total. The molecule has 0 saturated carbocycles. The summed E-state index contributed by atoms with van der Waals surface area (Å²) in [6, 6.07) is 8.13. The number of rotatable bonds is 8. The summed E-state index contributed by atoms with van der Waals surface area (Å²) in [6.45, 7) is 3.00. The molecule has 0 unspecified atom stereocenters. The smallest absolute Gasteiger partial charge is 0.232 e. The van der Waals surface area contributed by atoms with Gasteiger partial charge < -0.3 is 14.4 Å². The van der Waals surface area contributed by atoms with Crippen LogP contribution in [0.15, 0.2) is 36.5 Å². The number of halogens is 3. The topological polar surface area (TPSA) is 65.3 Å². The summed E-state index contributed by atoms with van der Waals surface area (Å²) < 4.78 is 38.4. The molecule has 3 aromatic rings. The molecule has 0 amide bonds. The van der Waals surface area contributed by atoms with E-state index < -0.39 is 6.67 Å². The summed E-state index contributed by atoms with van der Waals surface area (Å²) in [5.74, 6) is 1.65. The predicted octanol–water partition coefficient (Wildman–Crippen LogP) is 4.19. The quantitative estimate of drug-likeness (QED) is 0.467. The van der Waals surface area contributed by atoms with E-state index in [1.807, 2.05) is 10.6 Å². The van der Waals surface area contributed by atoms with Crippen molar-refractivity contribution in [3.63, 3.8) is 0 Å². The molecule has 4 rings (SSSR count). The minimum Gasteiger partial charge on any atom is -0.481 e. The Morgan fingerprint density at radius 1 is 1.19 bits per heavy atom. The molecule has 1 saturated heterocycles. The van der Waals surface area contributed by atoms with E-state index in [0.717, 1.165) is 11.3 Å². The second kappa shape index (κ2) is 9.79. The molecule has 1 aromatic carbocycles. The zero-order valence-electron chi connectivity index (χ0n) is 17.8. The molecule has 1 aliphatic heterocycles. The predicted molar refractivity (Wildman–Crippen MR) is 117 cm³/mol. The van der Waals surface area contributed by atoms with Crippen LogP contribution in [0.3, 0.4) is 0 Å². The molecule has 32 heavy (non-hydrogen) atoms. The minimum absolute atomic E-state index is 0.0189. The molecule has 3 heterocycles. The minimum atomic E-state index is -0.575. The summed E-state index contributed by atoms with van der Waals surface area (Å²) in [6.07, 6.45) is 1.66. The first kappa shape index (κ1) is 22.4. The van der Waals surface area contributed by atoms with E-state index in [0.29, 0.717) is 35.8 Å². The van der Waals surface area contributed by atoms with Crippen LogP contribution in [0, 0.1) is 11.7 Å². The largest absolute Gasteiger partial charge is 0.481 e. The lowest BCUT2D eigenvalue weighted by atomic mass is 9.90. The molecule has 1 aliphatic rings. The summed E-state index contributed by atoms with van der Waals surface area (Å²) >= 11 is 6.34. The molecule has 170 valence electrons. The standard InChI is InChI=1S/C22H24ClF2N5O2/c1-14-11-29(12-18(14)17-5-3-15(25)9-19(17)23)22-28-27-20(13-32-8-7-24)30(22)16-4-6-21(31-2)26-10-16/h3-6,9-10,14,18H,7-8,11-13H2,1-2H3/t14-,18-/m0/s1. The molecule has 0 aliphatic carbocycles. The maximum absolute atomic E-state index is 13.5. The van der Waals surface area contributed by atoms with Crippen molar-refractivity contribution in [3.8, 4) is 11.6 Å². The number of methoxy groups -OCH3 is 1. The van der Waals surface area contributed by atoms with Crippen LogP contribution in [0.1, 0.15) is 24.2 Å².